The van der Waals surface area contributed by atoms with E-state index in [2.05, 4.69) is 10.6 Å². The zero-order chi connectivity index (χ0) is 14.8. The molecule has 0 aliphatic heterocycles. The molecule has 7 heteroatoms. The number of aliphatic carboxylic acids is 1. The van der Waals surface area contributed by atoms with E-state index in [0.29, 0.717) is 0 Å². The number of rotatable bonds is 9. The number of nitrogens with one attached hydrogen (secondary N) is 2. The van der Waals surface area contributed by atoms with Crippen molar-refractivity contribution in [1.29, 1.82) is 0 Å². The molecule has 1 atom stereocenters. The van der Waals surface area contributed by atoms with Crippen LogP contribution >= 0.6 is 0 Å². The van der Waals surface area contributed by atoms with Gasteiger partial charge in [0.25, 0.3) is 0 Å². The lowest BCUT2D eigenvalue weighted by atomic mass is 10.1. The van der Waals surface area contributed by atoms with E-state index in [9.17, 15) is 19.2 Å². The van der Waals surface area contributed by atoms with Crippen molar-refractivity contribution in [3.63, 3.8) is 0 Å². The highest BCUT2D eigenvalue weighted by atomic mass is 16.4. The quantitative estimate of drug-likeness (QED) is 0.533. The van der Waals surface area contributed by atoms with E-state index in [1.807, 2.05) is 0 Å². The molecule has 0 fully saturated rings. The normalized spacial score (nSPS) is 11.5. The molecule has 19 heavy (non-hydrogen) atoms. The number of ketones is 1. The molecule has 1 unspecified atom stereocenters. The van der Waals surface area contributed by atoms with Crippen LogP contribution in [0.4, 0.5) is 0 Å². The summed E-state index contributed by atoms with van der Waals surface area (Å²) in [5.41, 5.74) is 0. The van der Waals surface area contributed by atoms with Gasteiger partial charge in [-0.25, -0.2) is 0 Å². The third-order valence-corrected chi connectivity index (χ3v) is 2.38. The average molecular weight is 272 g/mol. The third-order valence-electron chi connectivity index (χ3n) is 2.38. The van der Waals surface area contributed by atoms with Crippen molar-refractivity contribution in [1.82, 2.24) is 10.6 Å². The summed E-state index contributed by atoms with van der Waals surface area (Å²) in [5.74, 6) is -2.31. The lowest BCUT2D eigenvalue weighted by Crippen LogP contribution is -2.34. The predicted octanol–water partition coefficient (Wildman–Crippen LogP) is -0.301. The van der Waals surface area contributed by atoms with Gasteiger partial charge >= 0.3 is 5.97 Å². The lowest BCUT2D eigenvalue weighted by Gasteiger charge is -2.10. The molecule has 2 amide bonds. The Morgan fingerprint density at radius 3 is 2.16 bits per heavy atom. The van der Waals surface area contributed by atoms with E-state index in [0.717, 1.165) is 0 Å². The van der Waals surface area contributed by atoms with Gasteiger partial charge in [-0.05, 0) is 6.92 Å². The highest BCUT2D eigenvalue weighted by molar-refractivity contribution is 5.83. The van der Waals surface area contributed by atoms with Crippen molar-refractivity contribution in [3.8, 4) is 0 Å². The number of hydrogen-bond donors (Lipinski definition) is 3. The Hall–Kier alpha value is -1.92. The Labute approximate surface area is 111 Å². The standard InChI is InChI=1S/C12H20N2O5/c1-8(7-11(17)18)12(19)14-6-4-10(16)13-5-3-9(2)15/h8H,3-7H2,1-2H3,(H,13,16)(H,14,19)(H,17,18). The van der Waals surface area contributed by atoms with E-state index in [1.165, 1.54) is 13.8 Å². The second kappa shape index (κ2) is 9.07. The minimum Gasteiger partial charge on any atom is -0.481 e. The number of Topliss-reactive ketones (excluding diaryl/α,β-unsaturated/α-hetero) is 1. The molecule has 0 saturated heterocycles. The van der Waals surface area contributed by atoms with E-state index in [-0.39, 0.29) is 49.9 Å². The topological polar surface area (TPSA) is 113 Å². The van der Waals surface area contributed by atoms with Gasteiger partial charge in [0.05, 0.1) is 6.42 Å². The summed E-state index contributed by atoms with van der Waals surface area (Å²) < 4.78 is 0. The number of carbonyl (C=O) groups is 4. The van der Waals surface area contributed by atoms with Crippen LogP contribution in [0, 0.1) is 5.92 Å². The number of hydrogen-bond acceptors (Lipinski definition) is 4. The third kappa shape index (κ3) is 9.75. The van der Waals surface area contributed by atoms with E-state index < -0.39 is 11.9 Å². The van der Waals surface area contributed by atoms with Gasteiger partial charge in [0.1, 0.15) is 5.78 Å². The molecule has 0 aromatic heterocycles. The maximum absolute atomic E-state index is 11.4. The highest BCUT2D eigenvalue weighted by Crippen LogP contribution is 2.01. The first-order valence-electron chi connectivity index (χ1n) is 6.08. The Bertz CT molecular complexity index is 354. The SMILES string of the molecule is CC(=O)CCNC(=O)CCNC(=O)C(C)CC(=O)O. The van der Waals surface area contributed by atoms with Gasteiger partial charge in [-0.3, -0.25) is 19.2 Å². The number of carboxylic acids is 1. The van der Waals surface area contributed by atoms with Gasteiger partial charge in [0.2, 0.25) is 11.8 Å². The van der Waals surface area contributed by atoms with Crippen LogP contribution in [0.1, 0.15) is 33.1 Å². The van der Waals surface area contributed by atoms with Gasteiger partial charge in [-0.15, -0.1) is 0 Å². The molecule has 0 heterocycles. The smallest absolute Gasteiger partial charge is 0.304 e. The van der Waals surface area contributed by atoms with Gasteiger partial charge in [-0.2, -0.15) is 0 Å². The monoisotopic (exact) mass is 272 g/mol. The van der Waals surface area contributed by atoms with Crippen molar-refractivity contribution in [3.05, 3.63) is 0 Å². The number of carboxylic acid groups (broad SMARTS) is 1. The first-order chi connectivity index (χ1) is 8.82. The van der Waals surface area contributed by atoms with Crippen LogP contribution in [-0.2, 0) is 19.2 Å². The molecule has 0 bridgehead atoms. The Morgan fingerprint density at radius 1 is 1.05 bits per heavy atom. The minimum absolute atomic E-state index is 0.00361. The molecule has 0 rings (SSSR count). The Morgan fingerprint density at radius 2 is 1.63 bits per heavy atom. The Kier molecular flexibility index (Phi) is 8.15. The fourth-order valence-electron chi connectivity index (χ4n) is 1.29. The van der Waals surface area contributed by atoms with Crippen LogP contribution in [-0.4, -0.2) is 41.8 Å². The highest BCUT2D eigenvalue weighted by Gasteiger charge is 2.16. The zero-order valence-corrected chi connectivity index (χ0v) is 11.2. The van der Waals surface area contributed by atoms with E-state index >= 15 is 0 Å². The summed E-state index contributed by atoms with van der Waals surface area (Å²) in [7, 11) is 0. The van der Waals surface area contributed by atoms with Crippen LogP contribution in [0.15, 0.2) is 0 Å². The zero-order valence-electron chi connectivity index (χ0n) is 11.2. The summed E-state index contributed by atoms with van der Waals surface area (Å²) in [6, 6.07) is 0. The summed E-state index contributed by atoms with van der Waals surface area (Å²) in [6.07, 6.45) is 0.147. The molecule has 3 N–H and O–H groups in total. The predicted molar refractivity (Wildman–Crippen MR) is 67.4 cm³/mol. The fraction of sp³-hybridized carbons (Fsp3) is 0.667. The number of carbonyl (C=O) groups excluding carboxylic acids is 3. The molecule has 0 aromatic carbocycles. The van der Waals surface area contributed by atoms with Crippen LogP contribution in [0.3, 0.4) is 0 Å². The van der Waals surface area contributed by atoms with Crippen molar-refractivity contribution in [2.75, 3.05) is 13.1 Å². The first-order valence-corrected chi connectivity index (χ1v) is 6.08. The largest absolute Gasteiger partial charge is 0.481 e. The van der Waals surface area contributed by atoms with Gasteiger partial charge in [0, 0.05) is 31.8 Å². The molecular formula is C12H20N2O5. The summed E-state index contributed by atoms with van der Waals surface area (Å²) in [4.78, 5) is 43.7. The minimum atomic E-state index is -1.04. The van der Waals surface area contributed by atoms with Crippen molar-refractivity contribution in [2.24, 2.45) is 5.92 Å². The fourth-order valence-corrected chi connectivity index (χ4v) is 1.29. The summed E-state index contributed by atoms with van der Waals surface area (Å²) >= 11 is 0. The van der Waals surface area contributed by atoms with Gasteiger partial charge < -0.3 is 15.7 Å². The molecular weight excluding hydrogens is 252 g/mol. The summed E-state index contributed by atoms with van der Waals surface area (Å²) in [5, 5.41) is 13.5. The van der Waals surface area contributed by atoms with E-state index in [1.54, 1.807) is 0 Å². The van der Waals surface area contributed by atoms with E-state index in [4.69, 9.17) is 5.11 Å². The molecule has 0 saturated carbocycles. The molecule has 7 nitrogen and oxygen atoms in total. The van der Waals surface area contributed by atoms with Gasteiger partial charge in [-0.1, -0.05) is 6.92 Å². The summed E-state index contributed by atoms with van der Waals surface area (Å²) in [6.45, 7) is 3.39. The van der Waals surface area contributed by atoms with Gasteiger partial charge in [0.15, 0.2) is 0 Å². The Balaban J connectivity index is 3.72. The van der Waals surface area contributed by atoms with Crippen LogP contribution < -0.4 is 10.6 Å². The van der Waals surface area contributed by atoms with Crippen LogP contribution in [0.25, 0.3) is 0 Å². The molecule has 108 valence electrons. The first kappa shape index (κ1) is 17.1. The maximum atomic E-state index is 11.4. The maximum Gasteiger partial charge on any atom is 0.304 e. The van der Waals surface area contributed by atoms with Crippen molar-refractivity contribution in [2.45, 2.75) is 33.1 Å². The second-order valence-corrected chi connectivity index (χ2v) is 4.34. The van der Waals surface area contributed by atoms with Crippen molar-refractivity contribution >= 4 is 23.6 Å². The lowest BCUT2D eigenvalue weighted by molar-refractivity contribution is -0.140. The van der Waals surface area contributed by atoms with Crippen molar-refractivity contribution < 1.29 is 24.3 Å². The average Bonchev–Trinajstić information content (AvgIpc) is 2.27. The van der Waals surface area contributed by atoms with Crippen LogP contribution in [0.5, 0.6) is 0 Å². The molecule has 0 aliphatic carbocycles. The second-order valence-electron chi connectivity index (χ2n) is 4.34. The number of amides is 2. The molecule has 0 aliphatic rings. The molecule has 0 radical (unpaired) electrons. The van der Waals surface area contributed by atoms with Crippen LogP contribution in [0.2, 0.25) is 0 Å². The molecule has 0 spiro atoms. The molecule has 0 aromatic rings.